The summed E-state index contributed by atoms with van der Waals surface area (Å²) in [7, 11) is 0. The van der Waals surface area contributed by atoms with Gasteiger partial charge in [0.25, 0.3) is 0 Å². The van der Waals surface area contributed by atoms with E-state index in [0.29, 0.717) is 17.7 Å². The van der Waals surface area contributed by atoms with E-state index in [4.69, 9.17) is 18.9 Å². The van der Waals surface area contributed by atoms with Gasteiger partial charge in [-0.2, -0.15) is 0 Å². The van der Waals surface area contributed by atoms with Gasteiger partial charge in [-0.1, -0.05) is 57.9 Å². The van der Waals surface area contributed by atoms with Gasteiger partial charge >= 0.3 is 17.9 Å². The van der Waals surface area contributed by atoms with Crippen molar-refractivity contribution in [1.29, 1.82) is 0 Å². The maximum absolute atomic E-state index is 12.4. The lowest BCUT2D eigenvalue weighted by molar-refractivity contribution is -0.134. The Morgan fingerprint density at radius 1 is 0.842 bits per heavy atom. The number of ether oxygens (including phenoxy) is 4. The van der Waals surface area contributed by atoms with E-state index in [2.05, 4.69) is 11.9 Å². The maximum atomic E-state index is 12.4. The van der Waals surface area contributed by atoms with E-state index in [-0.39, 0.29) is 23.1 Å². The van der Waals surface area contributed by atoms with Gasteiger partial charge in [-0.05, 0) is 54.5 Å². The number of esters is 3. The Hall–Kier alpha value is -3.94. The van der Waals surface area contributed by atoms with Crippen LogP contribution in [0.1, 0.15) is 83.3 Å². The van der Waals surface area contributed by atoms with Crippen molar-refractivity contribution in [3.05, 3.63) is 59.3 Å². The Balaban J connectivity index is 1.58. The van der Waals surface area contributed by atoms with Crippen LogP contribution in [0.25, 0.3) is 6.08 Å². The second-order valence-corrected chi connectivity index (χ2v) is 9.08. The summed E-state index contributed by atoms with van der Waals surface area (Å²) in [6.07, 6.45) is 11.5. The van der Waals surface area contributed by atoms with Crippen molar-refractivity contribution in [3.8, 4) is 17.2 Å². The van der Waals surface area contributed by atoms with Crippen LogP contribution < -0.4 is 14.2 Å². The number of carbonyl (C=O) groups excluding carboxylic acids is 3. The Labute approximate surface area is 223 Å². The molecule has 0 spiro atoms. The zero-order valence-electron chi connectivity index (χ0n) is 22.3. The molecule has 0 fully saturated rings. The molecule has 0 saturated heterocycles. The molecule has 1 heterocycles. The summed E-state index contributed by atoms with van der Waals surface area (Å²) >= 11 is 0. The Kier molecular flexibility index (Phi) is 11.1. The van der Waals surface area contributed by atoms with E-state index < -0.39 is 17.9 Å². The van der Waals surface area contributed by atoms with Gasteiger partial charge in [0.2, 0.25) is 5.90 Å². The topological polar surface area (TPSA) is 100 Å². The summed E-state index contributed by atoms with van der Waals surface area (Å²) in [6.45, 7) is 5.38. The molecule has 2 aromatic rings. The van der Waals surface area contributed by atoms with Gasteiger partial charge in [0.1, 0.15) is 5.75 Å². The molecule has 0 N–H and O–H groups in total. The zero-order valence-corrected chi connectivity index (χ0v) is 22.3. The minimum absolute atomic E-state index is 0.0557. The van der Waals surface area contributed by atoms with Crippen LogP contribution in [-0.4, -0.2) is 30.4 Å². The van der Waals surface area contributed by atoms with E-state index in [1.54, 1.807) is 18.2 Å². The molecule has 2 aromatic carbocycles. The van der Waals surface area contributed by atoms with Crippen molar-refractivity contribution in [3.63, 3.8) is 0 Å². The average molecular weight is 522 g/mol. The lowest BCUT2D eigenvalue weighted by Gasteiger charge is -2.09. The first-order valence-electron chi connectivity index (χ1n) is 13.1. The summed E-state index contributed by atoms with van der Waals surface area (Å²) in [6, 6.07) is 11.8. The first-order valence-corrected chi connectivity index (χ1v) is 13.1. The average Bonchev–Trinajstić information content (AvgIpc) is 3.24. The number of hydrogen-bond acceptors (Lipinski definition) is 8. The molecule has 8 nitrogen and oxygen atoms in total. The molecular formula is C30H35NO7. The highest BCUT2D eigenvalue weighted by Crippen LogP contribution is 2.30. The predicted molar refractivity (Wildman–Crippen MR) is 144 cm³/mol. The normalized spacial score (nSPS) is 13.7. The quantitative estimate of drug-likeness (QED) is 0.123. The summed E-state index contributed by atoms with van der Waals surface area (Å²) < 4.78 is 21.4. The fraction of sp³-hybridized carbons (Fsp3) is 0.400. The SMILES string of the molecule is CCCCCCCCCCOc1ccc(C2=NC(=Cc3ccc(OC(C)=O)c(OC(C)=O)c3)C(=O)O2)cc1. The Morgan fingerprint density at radius 2 is 1.47 bits per heavy atom. The molecule has 0 saturated carbocycles. The largest absolute Gasteiger partial charge is 0.494 e. The van der Waals surface area contributed by atoms with Crippen molar-refractivity contribution >= 4 is 29.9 Å². The lowest BCUT2D eigenvalue weighted by atomic mass is 10.1. The first-order chi connectivity index (χ1) is 18.4. The highest BCUT2D eigenvalue weighted by atomic mass is 16.6. The lowest BCUT2D eigenvalue weighted by Crippen LogP contribution is -2.07. The van der Waals surface area contributed by atoms with Crippen molar-refractivity contribution in [1.82, 2.24) is 0 Å². The van der Waals surface area contributed by atoms with Gasteiger partial charge in [-0.25, -0.2) is 9.79 Å². The number of benzene rings is 2. The van der Waals surface area contributed by atoms with E-state index in [9.17, 15) is 14.4 Å². The predicted octanol–water partition coefficient (Wildman–Crippen LogP) is 6.40. The standard InChI is InChI=1S/C30H35NO7/c1-4-5-6-7-8-9-10-11-18-35-25-15-13-24(14-16-25)29-31-26(30(34)38-29)19-23-12-17-27(36-21(2)32)28(20-23)37-22(3)33/h12-17,19-20H,4-11,18H2,1-3H3. The molecule has 0 amide bonds. The molecule has 1 aliphatic heterocycles. The summed E-state index contributed by atoms with van der Waals surface area (Å²) in [5.74, 6) is -0.640. The van der Waals surface area contributed by atoms with Crippen LogP contribution >= 0.6 is 0 Å². The minimum Gasteiger partial charge on any atom is -0.494 e. The zero-order chi connectivity index (χ0) is 27.3. The molecule has 0 aliphatic carbocycles. The van der Waals surface area contributed by atoms with Crippen LogP contribution in [0.2, 0.25) is 0 Å². The molecule has 202 valence electrons. The van der Waals surface area contributed by atoms with Gasteiger partial charge in [-0.15, -0.1) is 0 Å². The molecule has 3 rings (SSSR count). The number of nitrogens with zero attached hydrogens (tertiary/aromatic N) is 1. The number of unbranched alkanes of at least 4 members (excludes halogenated alkanes) is 7. The molecule has 0 aromatic heterocycles. The van der Waals surface area contributed by atoms with Crippen molar-refractivity contribution < 1.29 is 33.3 Å². The fourth-order valence-electron chi connectivity index (χ4n) is 3.90. The smallest absolute Gasteiger partial charge is 0.363 e. The number of rotatable bonds is 14. The second kappa shape index (κ2) is 14.7. The highest BCUT2D eigenvalue weighted by molar-refractivity contribution is 6.12. The van der Waals surface area contributed by atoms with E-state index in [1.807, 2.05) is 12.1 Å². The first kappa shape index (κ1) is 28.6. The minimum atomic E-state index is -0.604. The molecule has 0 unspecified atom stereocenters. The van der Waals surface area contributed by atoms with Crippen LogP contribution in [-0.2, 0) is 19.1 Å². The van der Waals surface area contributed by atoms with Gasteiger partial charge < -0.3 is 18.9 Å². The van der Waals surface area contributed by atoms with Crippen LogP contribution in [0.3, 0.4) is 0 Å². The monoisotopic (exact) mass is 521 g/mol. The van der Waals surface area contributed by atoms with Crippen molar-refractivity contribution in [2.45, 2.75) is 72.1 Å². The van der Waals surface area contributed by atoms with Crippen LogP contribution in [0, 0.1) is 0 Å². The van der Waals surface area contributed by atoms with Gasteiger partial charge in [0.05, 0.1) is 6.61 Å². The van der Waals surface area contributed by atoms with Crippen LogP contribution in [0.5, 0.6) is 17.2 Å². The van der Waals surface area contributed by atoms with Crippen molar-refractivity contribution in [2.75, 3.05) is 6.61 Å². The van der Waals surface area contributed by atoms with E-state index >= 15 is 0 Å². The molecule has 1 aliphatic rings. The number of aliphatic imine (C=N–C) groups is 1. The summed E-state index contributed by atoms with van der Waals surface area (Å²) in [5, 5.41) is 0. The molecular weight excluding hydrogens is 486 g/mol. The molecule has 0 atom stereocenters. The summed E-state index contributed by atoms with van der Waals surface area (Å²) in [5.41, 5.74) is 1.25. The Morgan fingerprint density at radius 3 is 2.13 bits per heavy atom. The van der Waals surface area contributed by atoms with Gasteiger partial charge in [0, 0.05) is 19.4 Å². The molecule has 0 bridgehead atoms. The van der Waals surface area contributed by atoms with E-state index in [1.165, 1.54) is 77.0 Å². The number of hydrogen-bond donors (Lipinski definition) is 0. The van der Waals surface area contributed by atoms with E-state index in [0.717, 1.165) is 12.2 Å². The Bertz CT molecular complexity index is 1180. The molecule has 8 heteroatoms. The third-order valence-corrected chi connectivity index (χ3v) is 5.77. The van der Waals surface area contributed by atoms with Crippen LogP contribution in [0.15, 0.2) is 53.2 Å². The highest BCUT2D eigenvalue weighted by Gasteiger charge is 2.24. The van der Waals surface area contributed by atoms with Gasteiger partial charge in [0.15, 0.2) is 17.2 Å². The number of cyclic esters (lactones) is 1. The number of carbonyl (C=O) groups is 3. The molecule has 0 radical (unpaired) electrons. The third-order valence-electron chi connectivity index (χ3n) is 5.77. The second-order valence-electron chi connectivity index (χ2n) is 9.08. The third kappa shape index (κ3) is 9.18. The maximum Gasteiger partial charge on any atom is 0.363 e. The van der Waals surface area contributed by atoms with Crippen LogP contribution in [0.4, 0.5) is 0 Å². The summed E-state index contributed by atoms with van der Waals surface area (Å²) in [4.78, 5) is 39.5. The fourth-order valence-corrected chi connectivity index (χ4v) is 3.90. The van der Waals surface area contributed by atoms with Gasteiger partial charge in [-0.3, -0.25) is 9.59 Å². The van der Waals surface area contributed by atoms with Crippen molar-refractivity contribution in [2.24, 2.45) is 4.99 Å². The molecule has 38 heavy (non-hydrogen) atoms.